The standard InChI is InChI=1S/C14H13ClF3N3/c1-8(2)9-4-3-5-10(6-9)20-13-19-7-11(12(15)21-13)14(16,17)18/h3-8H,1-2H3,(H,19,20,21). The van der Waals surface area contributed by atoms with Gasteiger partial charge in [0.1, 0.15) is 10.7 Å². The quantitative estimate of drug-likeness (QED) is 0.808. The average molecular weight is 316 g/mol. The number of nitrogens with one attached hydrogen (secondary N) is 1. The lowest BCUT2D eigenvalue weighted by Gasteiger charge is -2.11. The van der Waals surface area contributed by atoms with Crippen molar-refractivity contribution in [1.82, 2.24) is 9.97 Å². The molecule has 0 aliphatic carbocycles. The lowest BCUT2D eigenvalue weighted by Crippen LogP contribution is -2.09. The lowest BCUT2D eigenvalue weighted by atomic mass is 10.0. The number of nitrogens with zero attached hydrogens (tertiary/aromatic N) is 2. The van der Waals surface area contributed by atoms with Crippen molar-refractivity contribution in [1.29, 1.82) is 0 Å². The van der Waals surface area contributed by atoms with Gasteiger partial charge in [0.15, 0.2) is 0 Å². The molecule has 7 heteroatoms. The summed E-state index contributed by atoms with van der Waals surface area (Å²) in [6, 6.07) is 7.49. The van der Waals surface area contributed by atoms with Crippen molar-refractivity contribution in [3.05, 3.63) is 46.7 Å². The van der Waals surface area contributed by atoms with Gasteiger partial charge in [0.2, 0.25) is 5.95 Å². The van der Waals surface area contributed by atoms with E-state index in [9.17, 15) is 13.2 Å². The zero-order valence-corrected chi connectivity index (χ0v) is 12.1. The molecule has 0 saturated heterocycles. The molecule has 1 aromatic heterocycles. The number of halogens is 4. The highest BCUT2D eigenvalue weighted by atomic mass is 35.5. The van der Waals surface area contributed by atoms with E-state index in [1.165, 1.54) is 0 Å². The molecular weight excluding hydrogens is 303 g/mol. The molecule has 0 aliphatic heterocycles. The van der Waals surface area contributed by atoms with Crippen molar-refractivity contribution in [2.75, 3.05) is 5.32 Å². The summed E-state index contributed by atoms with van der Waals surface area (Å²) in [7, 11) is 0. The summed E-state index contributed by atoms with van der Waals surface area (Å²) in [4.78, 5) is 7.28. The van der Waals surface area contributed by atoms with E-state index in [1.54, 1.807) is 6.07 Å². The average Bonchev–Trinajstić information content (AvgIpc) is 2.37. The van der Waals surface area contributed by atoms with Gasteiger partial charge in [-0.05, 0) is 23.6 Å². The van der Waals surface area contributed by atoms with Crippen LogP contribution in [-0.4, -0.2) is 9.97 Å². The fourth-order valence-corrected chi connectivity index (χ4v) is 1.95. The first-order chi connectivity index (χ1) is 9.77. The maximum absolute atomic E-state index is 12.6. The van der Waals surface area contributed by atoms with Crippen molar-refractivity contribution < 1.29 is 13.2 Å². The predicted molar refractivity (Wildman–Crippen MR) is 75.9 cm³/mol. The Morgan fingerprint density at radius 2 is 1.95 bits per heavy atom. The molecule has 2 rings (SSSR count). The topological polar surface area (TPSA) is 37.8 Å². The van der Waals surface area contributed by atoms with E-state index in [1.807, 2.05) is 32.0 Å². The minimum Gasteiger partial charge on any atom is -0.324 e. The molecule has 0 amide bonds. The molecule has 0 bridgehead atoms. The number of anilines is 2. The number of hydrogen-bond acceptors (Lipinski definition) is 3. The van der Waals surface area contributed by atoms with E-state index in [0.29, 0.717) is 17.8 Å². The van der Waals surface area contributed by atoms with Gasteiger partial charge in [-0.2, -0.15) is 13.2 Å². The maximum Gasteiger partial charge on any atom is 0.420 e. The van der Waals surface area contributed by atoms with Crippen molar-refractivity contribution in [3.63, 3.8) is 0 Å². The third-order valence-corrected chi connectivity index (χ3v) is 3.15. The Kier molecular flexibility index (Phi) is 4.37. The van der Waals surface area contributed by atoms with Gasteiger partial charge in [-0.3, -0.25) is 0 Å². The molecule has 0 aliphatic rings. The Bertz CT molecular complexity index is 642. The molecule has 1 N–H and O–H groups in total. The molecule has 0 radical (unpaired) electrons. The van der Waals surface area contributed by atoms with Gasteiger partial charge in [-0.15, -0.1) is 0 Å². The van der Waals surface area contributed by atoms with Gasteiger partial charge in [0.05, 0.1) is 0 Å². The van der Waals surface area contributed by atoms with E-state index in [2.05, 4.69) is 15.3 Å². The van der Waals surface area contributed by atoms with Gasteiger partial charge >= 0.3 is 6.18 Å². The van der Waals surface area contributed by atoms with Crippen LogP contribution in [0, 0.1) is 0 Å². The first kappa shape index (κ1) is 15.6. The Morgan fingerprint density at radius 1 is 1.24 bits per heavy atom. The summed E-state index contributed by atoms with van der Waals surface area (Å²) in [5, 5.41) is 2.22. The SMILES string of the molecule is CC(C)c1cccc(Nc2ncc(C(F)(F)F)c(Cl)n2)c1. The van der Waals surface area contributed by atoms with E-state index in [0.717, 1.165) is 5.56 Å². The van der Waals surface area contributed by atoms with Gasteiger partial charge in [-0.25, -0.2) is 9.97 Å². The van der Waals surface area contributed by atoms with Crippen LogP contribution in [0.2, 0.25) is 5.15 Å². The van der Waals surface area contributed by atoms with Crippen molar-refractivity contribution in [2.45, 2.75) is 25.9 Å². The first-order valence-corrected chi connectivity index (χ1v) is 6.62. The molecule has 21 heavy (non-hydrogen) atoms. The monoisotopic (exact) mass is 315 g/mol. The van der Waals surface area contributed by atoms with Gasteiger partial charge < -0.3 is 5.32 Å². The van der Waals surface area contributed by atoms with Crippen LogP contribution >= 0.6 is 11.6 Å². The molecule has 0 saturated carbocycles. The van der Waals surface area contributed by atoms with Crippen molar-refractivity contribution in [3.8, 4) is 0 Å². The molecule has 0 unspecified atom stereocenters. The second-order valence-corrected chi connectivity index (χ2v) is 5.16. The Hall–Kier alpha value is -1.82. The van der Waals surface area contributed by atoms with Crippen LogP contribution < -0.4 is 5.32 Å². The summed E-state index contributed by atoms with van der Waals surface area (Å²) in [6.45, 7) is 4.09. The molecule has 2 aromatic rings. The Balaban J connectivity index is 2.25. The minimum absolute atomic E-state index is 0.0221. The van der Waals surface area contributed by atoms with Gasteiger partial charge in [0.25, 0.3) is 0 Å². The summed E-state index contributed by atoms with van der Waals surface area (Å²) in [5.74, 6) is 0.359. The zero-order valence-electron chi connectivity index (χ0n) is 11.4. The second-order valence-electron chi connectivity index (χ2n) is 4.80. The van der Waals surface area contributed by atoms with Gasteiger partial charge in [0, 0.05) is 11.9 Å². The first-order valence-electron chi connectivity index (χ1n) is 6.24. The zero-order chi connectivity index (χ0) is 15.6. The normalized spacial score (nSPS) is 11.8. The van der Waals surface area contributed by atoms with E-state index >= 15 is 0 Å². The molecule has 0 atom stereocenters. The molecule has 112 valence electrons. The Morgan fingerprint density at radius 3 is 2.52 bits per heavy atom. The molecule has 3 nitrogen and oxygen atoms in total. The Labute approximate surface area is 125 Å². The second kappa shape index (κ2) is 5.89. The summed E-state index contributed by atoms with van der Waals surface area (Å²) in [6.07, 6.45) is -3.89. The summed E-state index contributed by atoms with van der Waals surface area (Å²) >= 11 is 5.55. The fourth-order valence-electron chi connectivity index (χ4n) is 1.72. The van der Waals surface area contributed by atoms with Crippen LogP contribution in [0.25, 0.3) is 0 Å². The van der Waals surface area contributed by atoms with Crippen LogP contribution in [0.5, 0.6) is 0 Å². The number of benzene rings is 1. The van der Waals surface area contributed by atoms with E-state index in [4.69, 9.17) is 11.6 Å². The van der Waals surface area contributed by atoms with E-state index < -0.39 is 16.9 Å². The highest BCUT2D eigenvalue weighted by Crippen LogP contribution is 2.33. The molecule has 1 heterocycles. The van der Waals surface area contributed by atoms with Crippen LogP contribution in [0.3, 0.4) is 0 Å². The molecule has 0 fully saturated rings. The number of hydrogen-bond donors (Lipinski definition) is 1. The third kappa shape index (κ3) is 3.85. The van der Waals surface area contributed by atoms with Crippen molar-refractivity contribution >= 4 is 23.2 Å². The van der Waals surface area contributed by atoms with Crippen LogP contribution in [0.4, 0.5) is 24.8 Å². The summed E-state index contributed by atoms with van der Waals surface area (Å²) < 4.78 is 37.7. The third-order valence-electron chi connectivity index (χ3n) is 2.86. The highest BCUT2D eigenvalue weighted by molar-refractivity contribution is 6.30. The van der Waals surface area contributed by atoms with Gasteiger partial charge in [-0.1, -0.05) is 37.6 Å². The van der Waals surface area contributed by atoms with E-state index in [-0.39, 0.29) is 5.95 Å². The lowest BCUT2D eigenvalue weighted by molar-refractivity contribution is -0.137. The summed E-state index contributed by atoms with van der Waals surface area (Å²) in [5.41, 5.74) is 0.737. The molecule has 0 spiro atoms. The number of rotatable bonds is 3. The smallest absolute Gasteiger partial charge is 0.324 e. The van der Waals surface area contributed by atoms with Crippen LogP contribution in [-0.2, 0) is 6.18 Å². The maximum atomic E-state index is 12.6. The largest absolute Gasteiger partial charge is 0.420 e. The van der Waals surface area contributed by atoms with Crippen molar-refractivity contribution in [2.24, 2.45) is 0 Å². The fraction of sp³-hybridized carbons (Fsp3) is 0.286. The minimum atomic E-state index is -4.56. The van der Waals surface area contributed by atoms with Crippen LogP contribution in [0.1, 0.15) is 30.9 Å². The molecular formula is C14H13ClF3N3. The van der Waals surface area contributed by atoms with Crippen LogP contribution in [0.15, 0.2) is 30.5 Å². The number of aromatic nitrogens is 2. The predicted octanol–water partition coefficient (Wildman–Crippen LogP) is 5.02. The highest BCUT2D eigenvalue weighted by Gasteiger charge is 2.34. The molecule has 1 aromatic carbocycles. The number of alkyl halides is 3.